The number of sulfone groups is 1. The molecule has 0 radical (unpaired) electrons. The highest BCUT2D eigenvalue weighted by Gasteiger charge is 2.28. The minimum atomic E-state index is -3.41. The van der Waals surface area contributed by atoms with E-state index in [1.807, 2.05) is 16.9 Å². The van der Waals surface area contributed by atoms with Gasteiger partial charge in [-0.2, -0.15) is 5.10 Å². The molecule has 0 spiro atoms. The molecule has 2 aliphatic rings. The van der Waals surface area contributed by atoms with Crippen LogP contribution < -0.4 is 5.32 Å². The molecule has 0 bridgehead atoms. The molecular weight excluding hydrogens is 422 g/mol. The summed E-state index contributed by atoms with van der Waals surface area (Å²) >= 11 is 6.27. The van der Waals surface area contributed by atoms with Crippen molar-refractivity contribution in [3.8, 4) is 0 Å². The molecule has 2 aliphatic carbocycles. The Kier molecular flexibility index (Phi) is 6.21. The summed E-state index contributed by atoms with van der Waals surface area (Å²) in [5.74, 6) is 1.23. The van der Waals surface area contributed by atoms with E-state index in [4.69, 9.17) is 11.6 Å². The van der Waals surface area contributed by atoms with Crippen molar-refractivity contribution in [1.82, 2.24) is 9.78 Å². The summed E-state index contributed by atoms with van der Waals surface area (Å²) < 4.78 is 25.7. The van der Waals surface area contributed by atoms with Crippen molar-refractivity contribution < 1.29 is 13.2 Å². The van der Waals surface area contributed by atoms with E-state index in [2.05, 4.69) is 10.4 Å². The van der Waals surface area contributed by atoms with Crippen LogP contribution in [0, 0.1) is 11.8 Å². The number of nitrogens with one attached hydrogen (secondary N) is 1. The van der Waals surface area contributed by atoms with Crippen LogP contribution in [-0.4, -0.2) is 30.4 Å². The van der Waals surface area contributed by atoms with Crippen molar-refractivity contribution in [3.05, 3.63) is 41.0 Å². The highest BCUT2D eigenvalue weighted by molar-refractivity contribution is 7.90. The first kappa shape index (κ1) is 21.4. The fourth-order valence-electron chi connectivity index (χ4n) is 4.32. The quantitative estimate of drug-likeness (QED) is 0.635. The topological polar surface area (TPSA) is 81.1 Å². The molecule has 1 atom stereocenters. The van der Waals surface area contributed by atoms with Crippen LogP contribution in [0.5, 0.6) is 0 Å². The molecule has 4 rings (SSSR count). The molecule has 2 fully saturated rings. The third kappa shape index (κ3) is 5.24. The second-order valence-corrected chi connectivity index (χ2v) is 11.1. The van der Waals surface area contributed by atoms with E-state index in [-0.39, 0.29) is 15.8 Å². The van der Waals surface area contributed by atoms with Gasteiger partial charge in [-0.15, -0.1) is 0 Å². The summed E-state index contributed by atoms with van der Waals surface area (Å²) in [4.78, 5) is 13.3. The lowest BCUT2D eigenvalue weighted by Crippen LogP contribution is -2.23. The van der Waals surface area contributed by atoms with Crippen LogP contribution in [-0.2, 0) is 21.2 Å². The number of amides is 1. The van der Waals surface area contributed by atoms with Crippen molar-refractivity contribution in [2.45, 2.75) is 62.3 Å². The van der Waals surface area contributed by atoms with Crippen LogP contribution in [0.1, 0.15) is 56.4 Å². The Bertz CT molecular complexity index is 1020. The zero-order chi connectivity index (χ0) is 21.3. The molecule has 1 aromatic heterocycles. The third-order valence-electron chi connectivity index (χ3n) is 6.15. The molecule has 2 saturated carbocycles. The number of anilines is 1. The Hall–Kier alpha value is -1.86. The van der Waals surface area contributed by atoms with E-state index in [0.717, 1.165) is 37.6 Å². The first-order chi connectivity index (χ1) is 14.3. The van der Waals surface area contributed by atoms with E-state index in [0.29, 0.717) is 17.7 Å². The summed E-state index contributed by atoms with van der Waals surface area (Å²) in [6.07, 6.45) is 10.9. The average molecular weight is 450 g/mol. The molecule has 0 unspecified atom stereocenters. The molecule has 8 heteroatoms. The van der Waals surface area contributed by atoms with Crippen molar-refractivity contribution in [1.29, 1.82) is 0 Å². The minimum absolute atomic E-state index is 0.0896. The molecule has 1 N–H and O–H groups in total. The van der Waals surface area contributed by atoms with Gasteiger partial charge in [0.15, 0.2) is 15.7 Å². The Morgan fingerprint density at radius 2 is 1.93 bits per heavy atom. The van der Waals surface area contributed by atoms with Crippen LogP contribution in [0.2, 0.25) is 5.02 Å². The zero-order valence-electron chi connectivity index (χ0n) is 17.2. The molecular formula is C22H28ClN3O3S. The Morgan fingerprint density at radius 1 is 1.20 bits per heavy atom. The largest absolute Gasteiger partial charge is 0.309 e. The molecule has 1 aromatic carbocycles. The maximum Gasteiger partial charge on any atom is 0.233 e. The van der Waals surface area contributed by atoms with Crippen LogP contribution in [0.3, 0.4) is 0 Å². The minimum Gasteiger partial charge on any atom is -0.309 e. The Labute approximate surface area is 182 Å². The normalized spacial score (nSPS) is 18.5. The van der Waals surface area contributed by atoms with Gasteiger partial charge in [-0.05, 0) is 48.8 Å². The fourth-order valence-corrected chi connectivity index (χ4v) is 5.65. The number of benzene rings is 1. The number of hydrogen-bond acceptors (Lipinski definition) is 4. The predicted octanol–water partition coefficient (Wildman–Crippen LogP) is 4.65. The number of carbonyl (C=O) groups excluding carboxylic acids is 1. The highest BCUT2D eigenvalue weighted by atomic mass is 35.5. The van der Waals surface area contributed by atoms with Crippen LogP contribution in [0.25, 0.3) is 0 Å². The van der Waals surface area contributed by atoms with E-state index < -0.39 is 15.8 Å². The van der Waals surface area contributed by atoms with Crippen molar-refractivity contribution >= 4 is 33.2 Å². The smallest absolute Gasteiger partial charge is 0.233 e. The van der Waals surface area contributed by atoms with Crippen LogP contribution in [0.4, 0.5) is 5.82 Å². The number of rotatable bonds is 8. The number of hydrogen-bond donors (Lipinski definition) is 1. The number of carbonyl (C=O) groups is 1. The molecule has 0 saturated heterocycles. The summed E-state index contributed by atoms with van der Waals surface area (Å²) in [5.41, 5.74) is 0.745. The van der Waals surface area contributed by atoms with E-state index in [1.165, 1.54) is 31.7 Å². The number of nitrogens with zero attached hydrogens (tertiary/aromatic N) is 2. The van der Waals surface area contributed by atoms with Gasteiger partial charge in [-0.3, -0.25) is 9.48 Å². The van der Waals surface area contributed by atoms with Gasteiger partial charge in [0.25, 0.3) is 0 Å². The second kappa shape index (κ2) is 8.71. The monoisotopic (exact) mass is 449 g/mol. The van der Waals surface area contributed by atoms with Gasteiger partial charge >= 0.3 is 0 Å². The molecule has 0 aliphatic heterocycles. The van der Waals surface area contributed by atoms with Crippen molar-refractivity contribution in [2.75, 3.05) is 11.6 Å². The average Bonchev–Trinajstić information content (AvgIpc) is 3.13. The van der Waals surface area contributed by atoms with Crippen molar-refractivity contribution in [2.24, 2.45) is 11.8 Å². The Balaban J connectivity index is 1.54. The number of halogens is 1. The lowest BCUT2D eigenvalue weighted by atomic mass is 9.87. The van der Waals surface area contributed by atoms with Gasteiger partial charge in [-0.1, -0.05) is 43.4 Å². The fraction of sp³-hybridized carbons (Fsp3) is 0.545. The van der Waals surface area contributed by atoms with Gasteiger partial charge in [0.05, 0.1) is 15.8 Å². The number of aromatic nitrogens is 2. The van der Waals surface area contributed by atoms with Crippen molar-refractivity contribution in [3.63, 3.8) is 0 Å². The first-order valence-electron chi connectivity index (χ1n) is 10.6. The maximum absolute atomic E-state index is 13.2. The van der Waals surface area contributed by atoms with Gasteiger partial charge in [0.2, 0.25) is 5.91 Å². The first-order valence-corrected chi connectivity index (χ1v) is 12.9. The van der Waals surface area contributed by atoms with Gasteiger partial charge in [-0.25, -0.2) is 8.42 Å². The van der Waals surface area contributed by atoms with Crippen LogP contribution >= 0.6 is 11.6 Å². The summed E-state index contributed by atoms with van der Waals surface area (Å²) in [7, 11) is -3.41. The lowest BCUT2D eigenvalue weighted by Gasteiger charge is -2.21. The van der Waals surface area contributed by atoms with Gasteiger partial charge in [0.1, 0.15) is 0 Å². The molecule has 162 valence electrons. The lowest BCUT2D eigenvalue weighted by molar-refractivity contribution is -0.118. The molecule has 30 heavy (non-hydrogen) atoms. The molecule has 1 heterocycles. The third-order valence-corrected chi connectivity index (χ3v) is 7.73. The van der Waals surface area contributed by atoms with E-state index in [1.54, 1.807) is 12.1 Å². The SMILES string of the molecule is CS(=O)(=O)c1ccc([C@@H](CC2CCCC2)C(=O)Nc2ccn(CC3CC3)n2)cc1Cl. The van der Waals surface area contributed by atoms with E-state index in [9.17, 15) is 13.2 Å². The maximum atomic E-state index is 13.2. The zero-order valence-corrected chi connectivity index (χ0v) is 18.8. The second-order valence-electron chi connectivity index (χ2n) is 8.76. The molecule has 6 nitrogen and oxygen atoms in total. The summed E-state index contributed by atoms with van der Waals surface area (Å²) in [6.45, 7) is 0.893. The van der Waals surface area contributed by atoms with Crippen LogP contribution in [0.15, 0.2) is 35.4 Å². The summed E-state index contributed by atoms with van der Waals surface area (Å²) in [5, 5.41) is 7.60. The highest BCUT2D eigenvalue weighted by Crippen LogP contribution is 2.36. The van der Waals surface area contributed by atoms with E-state index >= 15 is 0 Å². The summed E-state index contributed by atoms with van der Waals surface area (Å²) in [6, 6.07) is 6.68. The molecule has 2 aromatic rings. The predicted molar refractivity (Wildman–Crippen MR) is 117 cm³/mol. The van der Waals surface area contributed by atoms with Gasteiger partial charge in [0, 0.05) is 25.1 Å². The Morgan fingerprint density at radius 3 is 2.57 bits per heavy atom. The molecule has 1 amide bonds. The standard InChI is InChI=1S/C22H28ClN3O3S/c1-30(28,29)20-9-8-17(13-19(20)23)18(12-15-4-2-3-5-15)22(27)24-21-10-11-26(25-21)14-16-6-7-16/h8-11,13,15-16,18H,2-7,12,14H2,1H3,(H,24,25,27)/t18-/m1/s1. The van der Waals surface area contributed by atoms with Gasteiger partial charge < -0.3 is 5.32 Å².